The van der Waals surface area contributed by atoms with Crippen molar-refractivity contribution in [2.45, 2.75) is 19.4 Å². The van der Waals surface area contributed by atoms with E-state index in [1.807, 2.05) is 12.1 Å². The van der Waals surface area contributed by atoms with Crippen LogP contribution in [0.25, 0.3) is 0 Å². The van der Waals surface area contributed by atoms with Crippen molar-refractivity contribution in [3.05, 3.63) is 58.3 Å². The number of anilines is 1. The lowest BCUT2D eigenvalue weighted by Gasteiger charge is -2.14. The fourth-order valence-electron chi connectivity index (χ4n) is 2.63. The molecule has 0 spiro atoms. The molecule has 2 aromatic rings. The minimum Gasteiger partial charge on any atom is -0.322 e. The maximum Gasteiger partial charge on any atom is 0.257 e. The van der Waals surface area contributed by atoms with Crippen molar-refractivity contribution in [3.8, 4) is 0 Å². The first kappa shape index (κ1) is 15.2. The van der Waals surface area contributed by atoms with Crippen LogP contribution in [0.3, 0.4) is 0 Å². The molecule has 0 bridgehead atoms. The first-order chi connectivity index (χ1) is 10.7. The highest BCUT2D eigenvalue weighted by Crippen LogP contribution is 2.16. The van der Waals surface area contributed by atoms with Crippen molar-refractivity contribution in [2.75, 3.05) is 18.4 Å². The van der Waals surface area contributed by atoms with E-state index in [9.17, 15) is 4.79 Å². The predicted octanol–water partition coefficient (Wildman–Crippen LogP) is 3.69. The Kier molecular flexibility index (Phi) is 4.85. The van der Waals surface area contributed by atoms with E-state index in [4.69, 9.17) is 0 Å². The SMILES string of the molecule is O=C(Nc1ccc(CN2CCCC2)cc1)c1cncc(Br)c1. The second-order valence-electron chi connectivity index (χ2n) is 5.53. The molecule has 1 amide bonds. The summed E-state index contributed by atoms with van der Waals surface area (Å²) in [6.45, 7) is 3.37. The van der Waals surface area contributed by atoms with Crippen molar-refractivity contribution >= 4 is 27.5 Å². The quantitative estimate of drug-likeness (QED) is 0.905. The highest BCUT2D eigenvalue weighted by Gasteiger charge is 2.12. The molecule has 1 aromatic heterocycles. The van der Waals surface area contributed by atoms with Gasteiger partial charge in [-0.2, -0.15) is 0 Å². The van der Waals surface area contributed by atoms with Gasteiger partial charge >= 0.3 is 0 Å². The van der Waals surface area contributed by atoms with Gasteiger partial charge in [0.1, 0.15) is 0 Å². The average molecular weight is 360 g/mol. The summed E-state index contributed by atoms with van der Waals surface area (Å²) in [4.78, 5) is 18.6. The fourth-order valence-corrected chi connectivity index (χ4v) is 3.00. The molecule has 1 fully saturated rings. The Labute approximate surface area is 138 Å². The Bertz CT molecular complexity index is 651. The minimum absolute atomic E-state index is 0.152. The molecule has 0 aliphatic carbocycles. The highest BCUT2D eigenvalue weighted by atomic mass is 79.9. The van der Waals surface area contributed by atoms with Crippen LogP contribution in [0.5, 0.6) is 0 Å². The van der Waals surface area contributed by atoms with E-state index >= 15 is 0 Å². The Hall–Kier alpha value is -1.72. The van der Waals surface area contributed by atoms with Crippen LogP contribution in [0.15, 0.2) is 47.2 Å². The number of carbonyl (C=O) groups excluding carboxylic acids is 1. The number of pyridine rings is 1. The van der Waals surface area contributed by atoms with Crippen molar-refractivity contribution < 1.29 is 4.79 Å². The van der Waals surface area contributed by atoms with E-state index in [0.717, 1.165) is 16.7 Å². The Balaban J connectivity index is 1.61. The summed E-state index contributed by atoms with van der Waals surface area (Å²) in [5, 5.41) is 2.89. The fraction of sp³-hybridized carbons (Fsp3) is 0.294. The number of benzene rings is 1. The summed E-state index contributed by atoms with van der Waals surface area (Å²) in [5.74, 6) is -0.152. The monoisotopic (exact) mass is 359 g/mol. The van der Waals surface area contributed by atoms with Gasteiger partial charge < -0.3 is 5.32 Å². The van der Waals surface area contributed by atoms with Gasteiger partial charge in [-0.05, 0) is 65.6 Å². The molecule has 22 heavy (non-hydrogen) atoms. The van der Waals surface area contributed by atoms with Crippen LogP contribution in [0.1, 0.15) is 28.8 Å². The first-order valence-electron chi connectivity index (χ1n) is 7.44. The van der Waals surface area contributed by atoms with Gasteiger partial charge in [-0.25, -0.2) is 0 Å². The molecule has 0 saturated carbocycles. The number of nitrogens with zero attached hydrogens (tertiary/aromatic N) is 2. The summed E-state index contributed by atoms with van der Waals surface area (Å²) in [5.41, 5.74) is 2.62. The molecule has 1 aromatic carbocycles. The summed E-state index contributed by atoms with van der Waals surface area (Å²) < 4.78 is 0.793. The number of aromatic nitrogens is 1. The van der Waals surface area contributed by atoms with Crippen LogP contribution < -0.4 is 5.32 Å². The van der Waals surface area contributed by atoms with E-state index < -0.39 is 0 Å². The lowest BCUT2D eigenvalue weighted by molar-refractivity contribution is 0.102. The molecule has 2 heterocycles. The summed E-state index contributed by atoms with van der Waals surface area (Å²) in [7, 11) is 0. The van der Waals surface area contributed by atoms with E-state index in [0.29, 0.717) is 5.56 Å². The molecule has 1 aliphatic heterocycles. The third kappa shape index (κ3) is 3.93. The van der Waals surface area contributed by atoms with Crippen LogP contribution in [0, 0.1) is 0 Å². The zero-order valence-electron chi connectivity index (χ0n) is 12.3. The van der Waals surface area contributed by atoms with Crippen LogP contribution in [-0.2, 0) is 6.54 Å². The smallest absolute Gasteiger partial charge is 0.257 e. The van der Waals surface area contributed by atoms with E-state index in [-0.39, 0.29) is 5.91 Å². The van der Waals surface area contributed by atoms with Gasteiger partial charge in [-0.1, -0.05) is 12.1 Å². The molecular weight excluding hydrogens is 342 g/mol. The number of amides is 1. The number of hydrogen-bond acceptors (Lipinski definition) is 3. The van der Waals surface area contributed by atoms with Gasteiger partial charge in [0.25, 0.3) is 5.91 Å². The molecule has 0 atom stereocenters. The molecule has 3 rings (SSSR count). The third-order valence-electron chi connectivity index (χ3n) is 3.78. The van der Waals surface area contributed by atoms with Gasteiger partial charge in [-0.15, -0.1) is 0 Å². The molecule has 4 nitrogen and oxygen atoms in total. The number of carbonyl (C=O) groups is 1. The molecule has 114 valence electrons. The lowest BCUT2D eigenvalue weighted by atomic mass is 10.2. The Morgan fingerprint density at radius 2 is 1.91 bits per heavy atom. The van der Waals surface area contributed by atoms with E-state index in [2.05, 4.69) is 43.3 Å². The molecule has 0 unspecified atom stereocenters. The van der Waals surface area contributed by atoms with Crippen molar-refractivity contribution in [1.29, 1.82) is 0 Å². The average Bonchev–Trinajstić information content (AvgIpc) is 3.02. The molecular formula is C17H18BrN3O. The number of hydrogen-bond donors (Lipinski definition) is 1. The number of halogens is 1. The van der Waals surface area contributed by atoms with Gasteiger partial charge in [0.05, 0.1) is 5.56 Å². The number of nitrogens with one attached hydrogen (secondary N) is 1. The second kappa shape index (κ2) is 7.03. The van der Waals surface area contributed by atoms with Gasteiger partial charge in [0.15, 0.2) is 0 Å². The normalized spacial score (nSPS) is 15.0. The number of rotatable bonds is 4. The Morgan fingerprint density at radius 3 is 2.59 bits per heavy atom. The molecule has 0 radical (unpaired) electrons. The highest BCUT2D eigenvalue weighted by molar-refractivity contribution is 9.10. The summed E-state index contributed by atoms with van der Waals surface area (Å²) in [6, 6.07) is 9.81. The lowest BCUT2D eigenvalue weighted by Crippen LogP contribution is -2.18. The predicted molar refractivity (Wildman–Crippen MR) is 90.8 cm³/mol. The maximum absolute atomic E-state index is 12.1. The van der Waals surface area contributed by atoms with Gasteiger partial charge in [-0.3, -0.25) is 14.7 Å². The number of likely N-dealkylation sites (tertiary alicyclic amines) is 1. The molecule has 1 saturated heterocycles. The summed E-state index contributed by atoms with van der Waals surface area (Å²) in [6.07, 6.45) is 5.81. The Morgan fingerprint density at radius 1 is 1.18 bits per heavy atom. The van der Waals surface area contributed by atoms with Crippen molar-refractivity contribution in [3.63, 3.8) is 0 Å². The maximum atomic E-state index is 12.1. The largest absolute Gasteiger partial charge is 0.322 e. The standard InChI is InChI=1S/C17H18BrN3O/c18-15-9-14(10-19-11-15)17(22)20-16-5-3-13(4-6-16)12-21-7-1-2-8-21/h3-6,9-11H,1-2,7-8,12H2,(H,20,22). The van der Waals surface area contributed by atoms with Gasteiger partial charge in [0.2, 0.25) is 0 Å². The molecule has 5 heteroatoms. The topological polar surface area (TPSA) is 45.2 Å². The van der Waals surface area contributed by atoms with E-state index in [1.165, 1.54) is 31.5 Å². The first-order valence-corrected chi connectivity index (χ1v) is 8.23. The molecule has 1 N–H and O–H groups in total. The zero-order chi connectivity index (χ0) is 15.4. The zero-order valence-corrected chi connectivity index (χ0v) is 13.8. The third-order valence-corrected chi connectivity index (χ3v) is 4.22. The minimum atomic E-state index is -0.152. The second-order valence-corrected chi connectivity index (χ2v) is 6.44. The van der Waals surface area contributed by atoms with Crippen molar-refractivity contribution in [1.82, 2.24) is 9.88 Å². The van der Waals surface area contributed by atoms with Crippen LogP contribution in [-0.4, -0.2) is 28.9 Å². The van der Waals surface area contributed by atoms with Crippen LogP contribution in [0.4, 0.5) is 5.69 Å². The summed E-state index contributed by atoms with van der Waals surface area (Å²) >= 11 is 3.32. The molecule has 1 aliphatic rings. The van der Waals surface area contributed by atoms with Crippen LogP contribution in [0.2, 0.25) is 0 Å². The van der Waals surface area contributed by atoms with E-state index in [1.54, 1.807) is 18.5 Å². The van der Waals surface area contributed by atoms with Crippen molar-refractivity contribution in [2.24, 2.45) is 0 Å². The van der Waals surface area contributed by atoms with Crippen LogP contribution >= 0.6 is 15.9 Å². The van der Waals surface area contributed by atoms with Gasteiger partial charge in [0, 0.05) is 29.1 Å².